The predicted octanol–water partition coefficient (Wildman–Crippen LogP) is 2.63. The second kappa shape index (κ2) is 7.50. The van der Waals surface area contributed by atoms with Gasteiger partial charge in [0.15, 0.2) is 0 Å². The van der Waals surface area contributed by atoms with E-state index in [9.17, 15) is 4.79 Å². The van der Waals surface area contributed by atoms with Crippen molar-refractivity contribution in [3.63, 3.8) is 0 Å². The van der Waals surface area contributed by atoms with Crippen LogP contribution in [0.5, 0.6) is 5.75 Å². The number of rotatable bonds is 6. The van der Waals surface area contributed by atoms with E-state index in [1.807, 2.05) is 39.0 Å². The number of methoxy groups -OCH3 is 1. The summed E-state index contributed by atoms with van der Waals surface area (Å²) in [5.41, 5.74) is 1.10. The van der Waals surface area contributed by atoms with E-state index < -0.39 is 0 Å². The molecule has 0 spiro atoms. The molecule has 0 unspecified atom stereocenters. The molecule has 0 radical (unpaired) electrons. The van der Waals surface area contributed by atoms with Crippen LogP contribution >= 0.6 is 15.9 Å². The Bertz CT molecular complexity index is 437. The smallest absolute Gasteiger partial charge is 0.236 e. The topological polar surface area (TPSA) is 50.4 Å². The number of amides is 1. The van der Waals surface area contributed by atoms with Gasteiger partial charge < -0.3 is 10.1 Å². The van der Waals surface area contributed by atoms with Gasteiger partial charge in [-0.25, -0.2) is 0 Å². The minimum absolute atomic E-state index is 0.0157. The lowest BCUT2D eigenvalue weighted by atomic mass is 10.1. The van der Waals surface area contributed by atoms with Crippen LogP contribution in [-0.4, -0.2) is 25.6 Å². The summed E-state index contributed by atoms with van der Waals surface area (Å²) in [7, 11) is 1.64. The summed E-state index contributed by atoms with van der Waals surface area (Å²) in [6, 6.07) is 5.76. The number of carbonyl (C=O) groups is 1. The highest BCUT2D eigenvalue weighted by Gasteiger charge is 2.16. The van der Waals surface area contributed by atoms with Crippen LogP contribution in [-0.2, 0) is 4.79 Å². The molecule has 0 saturated carbocycles. The number of hydrogen-bond acceptors (Lipinski definition) is 3. The number of hydrogen-bond donors (Lipinski definition) is 2. The SMILES string of the molecule is CCNC(=O)[C@@H](C)N[C@H](C)c1ccc(OC)c(Br)c1. The lowest BCUT2D eigenvalue weighted by Crippen LogP contribution is -2.43. The second-order valence-electron chi connectivity index (χ2n) is 4.40. The number of likely N-dealkylation sites (N-methyl/N-ethyl adjacent to an activating group) is 1. The molecule has 1 aromatic rings. The maximum atomic E-state index is 11.7. The highest BCUT2D eigenvalue weighted by molar-refractivity contribution is 9.10. The predicted molar refractivity (Wildman–Crippen MR) is 80.4 cm³/mol. The van der Waals surface area contributed by atoms with Gasteiger partial charge in [0.05, 0.1) is 17.6 Å². The van der Waals surface area contributed by atoms with Gasteiger partial charge in [0, 0.05) is 12.6 Å². The summed E-state index contributed by atoms with van der Waals surface area (Å²) in [5.74, 6) is 0.814. The third-order valence-corrected chi connectivity index (χ3v) is 3.54. The molecule has 0 heterocycles. The molecule has 0 fully saturated rings. The molecule has 0 aliphatic heterocycles. The Hall–Kier alpha value is -1.07. The molecule has 1 rings (SSSR count). The first-order valence-corrected chi connectivity index (χ1v) is 7.16. The largest absolute Gasteiger partial charge is 0.496 e. The van der Waals surface area contributed by atoms with Gasteiger partial charge in [-0.2, -0.15) is 0 Å². The van der Waals surface area contributed by atoms with Crippen LogP contribution in [0.15, 0.2) is 22.7 Å². The lowest BCUT2D eigenvalue weighted by Gasteiger charge is -2.20. The third kappa shape index (κ3) is 4.51. The Morgan fingerprint density at radius 1 is 1.42 bits per heavy atom. The van der Waals surface area contributed by atoms with Crippen LogP contribution in [0.1, 0.15) is 32.4 Å². The molecular weight excluding hydrogens is 308 g/mol. The average Bonchev–Trinajstić information content (AvgIpc) is 2.38. The summed E-state index contributed by atoms with van der Waals surface area (Å²) in [4.78, 5) is 11.7. The number of halogens is 1. The molecule has 2 N–H and O–H groups in total. The minimum Gasteiger partial charge on any atom is -0.496 e. The molecule has 4 nitrogen and oxygen atoms in total. The van der Waals surface area contributed by atoms with Crippen molar-refractivity contribution in [2.24, 2.45) is 0 Å². The minimum atomic E-state index is -0.226. The monoisotopic (exact) mass is 328 g/mol. The van der Waals surface area contributed by atoms with Crippen molar-refractivity contribution in [1.82, 2.24) is 10.6 Å². The molecule has 0 bridgehead atoms. The van der Waals surface area contributed by atoms with Crippen molar-refractivity contribution in [3.05, 3.63) is 28.2 Å². The van der Waals surface area contributed by atoms with E-state index in [1.165, 1.54) is 0 Å². The number of carbonyl (C=O) groups excluding carboxylic acids is 1. The highest BCUT2D eigenvalue weighted by atomic mass is 79.9. The molecule has 0 aromatic heterocycles. The fraction of sp³-hybridized carbons (Fsp3) is 0.500. The molecule has 1 aromatic carbocycles. The van der Waals surface area contributed by atoms with Crippen molar-refractivity contribution in [1.29, 1.82) is 0 Å². The van der Waals surface area contributed by atoms with Crippen LogP contribution in [0.3, 0.4) is 0 Å². The van der Waals surface area contributed by atoms with Gasteiger partial charge in [-0.15, -0.1) is 0 Å². The molecule has 106 valence electrons. The first-order chi connectivity index (χ1) is 8.99. The van der Waals surface area contributed by atoms with Crippen LogP contribution in [0.4, 0.5) is 0 Å². The molecular formula is C14H21BrN2O2. The standard InChI is InChI=1S/C14H21BrN2O2/c1-5-16-14(18)10(3)17-9(2)11-6-7-13(19-4)12(15)8-11/h6-10,17H,5H2,1-4H3,(H,16,18)/t9-,10-/m1/s1. The van der Waals surface area contributed by atoms with Gasteiger partial charge in [-0.05, 0) is 54.4 Å². The zero-order chi connectivity index (χ0) is 14.4. The first-order valence-electron chi connectivity index (χ1n) is 6.36. The van der Waals surface area contributed by atoms with Crippen molar-refractivity contribution >= 4 is 21.8 Å². The highest BCUT2D eigenvalue weighted by Crippen LogP contribution is 2.28. The van der Waals surface area contributed by atoms with Crippen LogP contribution in [0, 0.1) is 0 Å². The molecule has 1 amide bonds. The first kappa shape index (κ1) is 16.0. The molecule has 19 heavy (non-hydrogen) atoms. The zero-order valence-corrected chi connectivity index (χ0v) is 13.4. The Morgan fingerprint density at radius 3 is 2.63 bits per heavy atom. The Balaban J connectivity index is 2.70. The van der Waals surface area contributed by atoms with Gasteiger partial charge in [-0.1, -0.05) is 6.07 Å². The maximum absolute atomic E-state index is 11.7. The van der Waals surface area contributed by atoms with Crippen molar-refractivity contribution in [2.45, 2.75) is 32.9 Å². The van der Waals surface area contributed by atoms with Crippen molar-refractivity contribution in [3.8, 4) is 5.75 Å². The lowest BCUT2D eigenvalue weighted by molar-refractivity contribution is -0.122. The van der Waals surface area contributed by atoms with Gasteiger partial charge in [0.1, 0.15) is 5.75 Å². The molecule has 5 heteroatoms. The molecule has 0 aliphatic carbocycles. The Kier molecular flexibility index (Phi) is 6.31. The van der Waals surface area contributed by atoms with E-state index in [2.05, 4.69) is 26.6 Å². The van der Waals surface area contributed by atoms with Gasteiger partial charge in [0.2, 0.25) is 5.91 Å². The van der Waals surface area contributed by atoms with Gasteiger partial charge >= 0.3 is 0 Å². The van der Waals surface area contributed by atoms with E-state index in [0.717, 1.165) is 15.8 Å². The van der Waals surface area contributed by atoms with Crippen LogP contribution in [0.2, 0.25) is 0 Å². The van der Waals surface area contributed by atoms with E-state index in [4.69, 9.17) is 4.74 Å². The Labute approximate surface area is 123 Å². The van der Waals surface area contributed by atoms with E-state index in [0.29, 0.717) is 6.54 Å². The van der Waals surface area contributed by atoms with Crippen molar-refractivity contribution in [2.75, 3.05) is 13.7 Å². The summed E-state index contributed by atoms with van der Waals surface area (Å²) in [5, 5.41) is 6.07. The fourth-order valence-corrected chi connectivity index (χ4v) is 2.38. The Morgan fingerprint density at radius 2 is 2.11 bits per heavy atom. The average molecular weight is 329 g/mol. The second-order valence-corrected chi connectivity index (χ2v) is 5.25. The zero-order valence-electron chi connectivity index (χ0n) is 11.8. The van der Waals surface area contributed by atoms with E-state index in [-0.39, 0.29) is 18.0 Å². The number of benzene rings is 1. The summed E-state index contributed by atoms with van der Waals surface area (Å²) in [6.45, 7) is 6.45. The van der Waals surface area contributed by atoms with Crippen molar-refractivity contribution < 1.29 is 9.53 Å². The van der Waals surface area contributed by atoms with Crippen LogP contribution in [0.25, 0.3) is 0 Å². The quantitative estimate of drug-likeness (QED) is 0.844. The third-order valence-electron chi connectivity index (χ3n) is 2.92. The maximum Gasteiger partial charge on any atom is 0.236 e. The number of nitrogens with one attached hydrogen (secondary N) is 2. The van der Waals surface area contributed by atoms with Gasteiger partial charge in [0.25, 0.3) is 0 Å². The molecule has 0 saturated heterocycles. The summed E-state index contributed by atoms with van der Waals surface area (Å²) < 4.78 is 6.11. The van der Waals surface area contributed by atoms with E-state index in [1.54, 1.807) is 7.11 Å². The number of ether oxygens (including phenoxy) is 1. The fourth-order valence-electron chi connectivity index (χ4n) is 1.83. The molecule has 2 atom stereocenters. The van der Waals surface area contributed by atoms with Gasteiger partial charge in [-0.3, -0.25) is 10.1 Å². The summed E-state index contributed by atoms with van der Waals surface area (Å²) in [6.07, 6.45) is 0. The molecule has 0 aliphatic rings. The summed E-state index contributed by atoms with van der Waals surface area (Å²) >= 11 is 3.46. The normalized spacial score (nSPS) is 13.7. The van der Waals surface area contributed by atoms with Crippen LogP contribution < -0.4 is 15.4 Å². The van der Waals surface area contributed by atoms with E-state index >= 15 is 0 Å².